The number of nitrogens with zero attached hydrogens (tertiary/aromatic N) is 2. The lowest BCUT2D eigenvalue weighted by Crippen LogP contribution is -2.11. The van der Waals surface area contributed by atoms with Gasteiger partial charge in [0.2, 0.25) is 0 Å². The maximum absolute atomic E-state index is 5.36. The first-order valence-electron chi connectivity index (χ1n) is 4.67. The highest BCUT2D eigenvalue weighted by atomic mass is 32.2. The van der Waals surface area contributed by atoms with Gasteiger partial charge in [0.1, 0.15) is 11.6 Å². The molecule has 0 radical (unpaired) electrons. The number of aromatic nitrogens is 2. The van der Waals surface area contributed by atoms with Gasteiger partial charge in [0, 0.05) is 17.7 Å². The molecular formula is C9H14N4S. The van der Waals surface area contributed by atoms with Crippen molar-refractivity contribution >= 4 is 17.6 Å². The molecule has 1 heterocycles. The number of nitrogens with two attached hydrogens (primary N) is 1. The summed E-state index contributed by atoms with van der Waals surface area (Å²) >= 11 is 1.72. The van der Waals surface area contributed by atoms with E-state index in [-0.39, 0.29) is 0 Å². The first kappa shape index (κ1) is 9.73. The van der Waals surface area contributed by atoms with Gasteiger partial charge < -0.3 is 5.43 Å². The second-order valence-corrected chi connectivity index (χ2v) is 4.31. The van der Waals surface area contributed by atoms with Crippen molar-refractivity contribution in [2.75, 3.05) is 11.7 Å². The number of hydrogen-bond donors (Lipinski definition) is 2. The molecule has 0 aliphatic heterocycles. The fourth-order valence-electron chi connectivity index (χ4n) is 1.37. The highest BCUT2D eigenvalue weighted by molar-refractivity contribution is 7.97. The molecule has 14 heavy (non-hydrogen) atoms. The lowest BCUT2D eigenvalue weighted by molar-refractivity contribution is 0.931. The molecule has 0 saturated heterocycles. The molecule has 0 atom stereocenters. The van der Waals surface area contributed by atoms with Crippen molar-refractivity contribution < 1.29 is 0 Å². The molecule has 2 rings (SSSR count). The Balaban J connectivity index is 2.26. The number of anilines is 1. The smallest absolute Gasteiger partial charge is 0.143 e. The third-order valence-electron chi connectivity index (χ3n) is 2.21. The van der Waals surface area contributed by atoms with Gasteiger partial charge in [-0.15, -0.1) is 0 Å². The number of nitrogen functional groups attached to an aromatic ring is 1. The number of hydrazine groups is 1. The van der Waals surface area contributed by atoms with Crippen LogP contribution in [0.25, 0.3) is 0 Å². The Kier molecular flexibility index (Phi) is 2.88. The zero-order valence-electron chi connectivity index (χ0n) is 8.16. The van der Waals surface area contributed by atoms with Crippen LogP contribution in [-0.2, 0) is 5.75 Å². The Morgan fingerprint density at radius 2 is 2.36 bits per heavy atom. The summed E-state index contributed by atoms with van der Waals surface area (Å²) in [7, 11) is 0. The van der Waals surface area contributed by atoms with E-state index in [0.717, 1.165) is 23.1 Å². The van der Waals surface area contributed by atoms with Crippen molar-refractivity contribution in [1.82, 2.24) is 9.97 Å². The van der Waals surface area contributed by atoms with Gasteiger partial charge in [-0.2, -0.15) is 11.8 Å². The predicted octanol–water partition coefficient (Wildman–Crippen LogP) is 1.50. The maximum Gasteiger partial charge on any atom is 0.143 e. The summed E-state index contributed by atoms with van der Waals surface area (Å²) < 4.78 is 0. The summed E-state index contributed by atoms with van der Waals surface area (Å²) in [6, 6.07) is 1.95. The molecule has 1 saturated carbocycles. The number of rotatable bonds is 4. The summed E-state index contributed by atoms with van der Waals surface area (Å²) in [6.45, 7) is 0. The molecule has 0 bridgehead atoms. The van der Waals surface area contributed by atoms with E-state index < -0.39 is 0 Å². The summed E-state index contributed by atoms with van der Waals surface area (Å²) in [4.78, 5) is 8.79. The number of thioether (sulfide) groups is 1. The SMILES string of the molecule is CSCc1nc(NN)cc(C2CC2)n1. The molecule has 3 N–H and O–H groups in total. The van der Waals surface area contributed by atoms with E-state index in [9.17, 15) is 0 Å². The van der Waals surface area contributed by atoms with E-state index in [1.807, 2.05) is 12.3 Å². The van der Waals surface area contributed by atoms with Crippen LogP contribution in [0.2, 0.25) is 0 Å². The second kappa shape index (κ2) is 4.14. The highest BCUT2D eigenvalue weighted by Crippen LogP contribution is 2.39. The minimum absolute atomic E-state index is 0.644. The van der Waals surface area contributed by atoms with E-state index in [4.69, 9.17) is 5.84 Å². The van der Waals surface area contributed by atoms with Gasteiger partial charge in [-0.25, -0.2) is 15.8 Å². The van der Waals surface area contributed by atoms with Crippen molar-refractivity contribution in [3.63, 3.8) is 0 Å². The van der Waals surface area contributed by atoms with E-state index in [1.54, 1.807) is 11.8 Å². The van der Waals surface area contributed by atoms with Crippen LogP contribution in [0.4, 0.5) is 5.82 Å². The van der Waals surface area contributed by atoms with Crippen LogP contribution in [0.1, 0.15) is 30.3 Å². The molecule has 0 amide bonds. The maximum atomic E-state index is 5.36. The fraction of sp³-hybridized carbons (Fsp3) is 0.556. The van der Waals surface area contributed by atoms with E-state index in [1.165, 1.54) is 12.8 Å². The minimum Gasteiger partial charge on any atom is -0.308 e. The Morgan fingerprint density at radius 3 is 2.93 bits per heavy atom. The normalized spacial score (nSPS) is 15.6. The van der Waals surface area contributed by atoms with Gasteiger partial charge in [0.25, 0.3) is 0 Å². The first-order valence-corrected chi connectivity index (χ1v) is 6.06. The lowest BCUT2D eigenvalue weighted by atomic mass is 10.3. The van der Waals surface area contributed by atoms with E-state index in [0.29, 0.717) is 5.92 Å². The van der Waals surface area contributed by atoms with E-state index in [2.05, 4.69) is 15.4 Å². The molecule has 1 aromatic heterocycles. The number of nitrogens with one attached hydrogen (secondary N) is 1. The molecule has 0 spiro atoms. The van der Waals surface area contributed by atoms with Gasteiger partial charge >= 0.3 is 0 Å². The lowest BCUT2D eigenvalue weighted by Gasteiger charge is -2.05. The van der Waals surface area contributed by atoms with Crippen LogP contribution in [0.15, 0.2) is 6.07 Å². The van der Waals surface area contributed by atoms with Crippen molar-refractivity contribution in [2.24, 2.45) is 5.84 Å². The fourth-order valence-corrected chi connectivity index (χ4v) is 1.76. The Morgan fingerprint density at radius 1 is 1.57 bits per heavy atom. The zero-order valence-corrected chi connectivity index (χ0v) is 8.97. The van der Waals surface area contributed by atoms with Crippen molar-refractivity contribution in [3.8, 4) is 0 Å². The predicted molar refractivity (Wildman–Crippen MR) is 59.0 cm³/mol. The van der Waals surface area contributed by atoms with Crippen LogP contribution >= 0.6 is 11.8 Å². The number of hydrogen-bond acceptors (Lipinski definition) is 5. The third kappa shape index (κ3) is 2.16. The highest BCUT2D eigenvalue weighted by Gasteiger charge is 2.25. The molecule has 1 aromatic rings. The first-order chi connectivity index (χ1) is 6.83. The second-order valence-electron chi connectivity index (χ2n) is 3.45. The topological polar surface area (TPSA) is 63.8 Å². The Labute approximate surface area is 87.7 Å². The van der Waals surface area contributed by atoms with Crippen molar-refractivity contribution in [3.05, 3.63) is 17.6 Å². The van der Waals surface area contributed by atoms with Gasteiger partial charge in [0.15, 0.2) is 0 Å². The molecule has 76 valence electrons. The van der Waals surface area contributed by atoms with E-state index >= 15 is 0 Å². The average Bonchev–Trinajstić information content (AvgIpc) is 3.01. The minimum atomic E-state index is 0.644. The molecule has 4 nitrogen and oxygen atoms in total. The molecule has 1 aliphatic rings. The standard InChI is InChI=1S/C9H14N4S/c1-14-5-9-11-7(6-2-3-6)4-8(12-9)13-10/h4,6H,2-3,5,10H2,1H3,(H,11,12,13). The third-order valence-corrected chi connectivity index (χ3v) is 2.76. The van der Waals surface area contributed by atoms with Crippen LogP contribution in [-0.4, -0.2) is 16.2 Å². The Bertz CT molecular complexity index is 325. The average molecular weight is 210 g/mol. The molecule has 0 unspecified atom stereocenters. The summed E-state index contributed by atoms with van der Waals surface area (Å²) in [6.07, 6.45) is 4.54. The van der Waals surface area contributed by atoms with Gasteiger partial charge in [-0.05, 0) is 19.1 Å². The largest absolute Gasteiger partial charge is 0.308 e. The monoisotopic (exact) mass is 210 g/mol. The molecule has 5 heteroatoms. The zero-order chi connectivity index (χ0) is 9.97. The molecule has 1 aliphatic carbocycles. The van der Waals surface area contributed by atoms with Gasteiger partial charge in [-0.3, -0.25) is 0 Å². The van der Waals surface area contributed by atoms with Gasteiger partial charge in [-0.1, -0.05) is 0 Å². The van der Waals surface area contributed by atoms with Crippen LogP contribution < -0.4 is 11.3 Å². The summed E-state index contributed by atoms with van der Waals surface area (Å²) in [5.74, 6) is 8.44. The molecule has 0 aromatic carbocycles. The van der Waals surface area contributed by atoms with Gasteiger partial charge in [0.05, 0.1) is 5.75 Å². The van der Waals surface area contributed by atoms with Crippen LogP contribution in [0.5, 0.6) is 0 Å². The van der Waals surface area contributed by atoms with Crippen molar-refractivity contribution in [1.29, 1.82) is 0 Å². The summed E-state index contributed by atoms with van der Waals surface area (Å²) in [5.41, 5.74) is 3.72. The Hall–Kier alpha value is -0.810. The quantitative estimate of drug-likeness (QED) is 0.582. The summed E-state index contributed by atoms with van der Waals surface area (Å²) in [5, 5.41) is 0. The van der Waals surface area contributed by atoms with Crippen LogP contribution in [0, 0.1) is 0 Å². The van der Waals surface area contributed by atoms with Crippen molar-refractivity contribution in [2.45, 2.75) is 24.5 Å². The molecular weight excluding hydrogens is 196 g/mol. The van der Waals surface area contributed by atoms with Crippen LogP contribution in [0.3, 0.4) is 0 Å². The molecule has 1 fully saturated rings.